The van der Waals surface area contributed by atoms with E-state index in [4.69, 9.17) is 4.74 Å². The maximum absolute atomic E-state index is 12.4. The lowest BCUT2D eigenvalue weighted by Gasteiger charge is -2.20. The predicted octanol–water partition coefficient (Wildman–Crippen LogP) is 23.7. The van der Waals surface area contributed by atoms with E-state index in [9.17, 15) is 19.8 Å². The van der Waals surface area contributed by atoms with Crippen LogP contribution in [0.4, 0.5) is 0 Å². The minimum atomic E-state index is -0.839. The molecule has 6 heteroatoms. The molecule has 1 amide bonds. The molecule has 0 radical (unpaired) electrons. The maximum atomic E-state index is 12.4. The standard InChI is InChI=1S/C74H143NO5/c1-3-5-7-9-11-13-14-15-16-17-35-39-42-45-48-52-56-60-64-68-74(79)80-69-65-61-57-53-49-46-43-40-37-34-32-30-28-26-24-22-20-18-19-21-23-25-27-29-31-33-36-38-41-44-47-51-55-59-63-67-73(78)75-71(70-76)72(77)66-62-58-54-50-12-10-8-6-4-2/h20,22,62,66,71-72,76-77H,3-19,21,23-61,63-65,67-70H2,1-2H3,(H,75,78)/b22-20-,66-62+. The van der Waals surface area contributed by atoms with E-state index >= 15 is 0 Å². The normalized spacial score (nSPS) is 12.6. The number of amides is 1. The van der Waals surface area contributed by atoms with Crippen LogP contribution in [0, 0.1) is 0 Å². The van der Waals surface area contributed by atoms with Crippen LogP contribution < -0.4 is 5.32 Å². The maximum Gasteiger partial charge on any atom is 0.305 e. The topological polar surface area (TPSA) is 95.9 Å². The van der Waals surface area contributed by atoms with Gasteiger partial charge in [0.1, 0.15) is 0 Å². The van der Waals surface area contributed by atoms with E-state index in [-0.39, 0.29) is 18.5 Å². The molecule has 0 bridgehead atoms. The summed E-state index contributed by atoms with van der Waals surface area (Å²) in [6.45, 7) is 4.92. The lowest BCUT2D eigenvalue weighted by Crippen LogP contribution is -2.45. The highest BCUT2D eigenvalue weighted by molar-refractivity contribution is 5.76. The lowest BCUT2D eigenvalue weighted by atomic mass is 10.0. The second-order valence-corrected chi connectivity index (χ2v) is 25.3. The molecule has 3 N–H and O–H groups in total. The zero-order chi connectivity index (χ0) is 57.8. The summed E-state index contributed by atoms with van der Waals surface area (Å²) in [5.41, 5.74) is 0. The van der Waals surface area contributed by atoms with Crippen LogP contribution in [-0.4, -0.2) is 47.4 Å². The van der Waals surface area contributed by atoms with Gasteiger partial charge in [0.15, 0.2) is 0 Å². The third-order valence-corrected chi connectivity index (χ3v) is 17.2. The monoisotopic (exact) mass is 1130 g/mol. The minimum Gasteiger partial charge on any atom is -0.466 e. The van der Waals surface area contributed by atoms with Crippen molar-refractivity contribution in [1.29, 1.82) is 0 Å². The number of aliphatic hydroxyl groups is 2. The van der Waals surface area contributed by atoms with E-state index in [1.807, 2.05) is 6.08 Å². The van der Waals surface area contributed by atoms with E-state index in [1.54, 1.807) is 6.08 Å². The molecule has 0 aromatic carbocycles. The molecular formula is C74H143NO5. The predicted molar refractivity (Wildman–Crippen MR) is 352 cm³/mol. The van der Waals surface area contributed by atoms with Crippen molar-refractivity contribution in [1.82, 2.24) is 5.32 Å². The highest BCUT2D eigenvalue weighted by Crippen LogP contribution is 2.19. The van der Waals surface area contributed by atoms with Crippen LogP contribution >= 0.6 is 0 Å². The smallest absolute Gasteiger partial charge is 0.305 e. The first-order valence-electron chi connectivity index (χ1n) is 36.6. The zero-order valence-corrected chi connectivity index (χ0v) is 54.3. The van der Waals surface area contributed by atoms with Crippen LogP contribution in [0.2, 0.25) is 0 Å². The van der Waals surface area contributed by atoms with E-state index in [0.717, 1.165) is 38.5 Å². The van der Waals surface area contributed by atoms with Crippen molar-refractivity contribution in [2.45, 2.75) is 424 Å². The Morgan fingerprint density at radius 2 is 0.588 bits per heavy atom. The van der Waals surface area contributed by atoms with Crippen LogP contribution in [0.5, 0.6) is 0 Å². The fraction of sp³-hybridized carbons (Fsp3) is 0.919. The van der Waals surface area contributed by atoms with E-state index < -0.39 is 12.1 Å². The van der Waals surface area contributed by atoms with E-state index in [1.165, 1.54) is 347 Å². The Bertz CT molecular complexity index is 1250. The van der Waals surface area contributed by atoms with Gasteiger partial charge in [-0.15, -0.1) is 0 Å². The zero-order valence-electron chi connectivity index (χ0n) is 54.3. The van der Waals surface area contributed by atoms with Crippen molar-refractivity contribution in [3.63, 3.8) is 0 Å². The van der Waals surface area contributed by atoms with Crippen molar-refractivity contribution >= 4 is 11.9 Å². The summed E-state index contributed by atoms with van der Waals surface area (Å²) in [5, 5.41) is 23.0. The Morgan fingerprint density at radius 3 is 0.887 bits per heavy atom. The second kappa shape index (κ2) is 69.8. The molecule has 80 heavy (non-hydrogen) atoms. The van der Waals surface area contributed by atoms with Gasteiger partial charge in [-0.05, 0) is 57.8 Å². The Kier molecular flexibility index (Phi) is 68.4. The van der Waals surface area contributed by atoms with Crippen LogP contribution in [0.3, 0.4) is 0 Å². The van der Waals surface area contributed by atoms with Crippen LogP contribution in [0.25, 0.3) is 0 Å². The molecule has 0 aliphatic carbocycles. The number of hydrogen-bond donors (Lipinski definition) is 3. The molecular weight excluding hydrogens is 983 g/mol. The van der Waals surface area contributed by atoms with Crippen LogP contribution in [0.15, 0.2) is 24.3 Å². The van der Waals surface area contributed by atoms with Crippen LogP contribution in [0.1, 0.15) is 412 Å². The van der Waals surface area contributed by atoms with Crippen molar-refractivity contribution < 1.29 is 24.5 Å². The van der Waals surface area contributed by atoms with Gasteiger partial charge in [0.25, 0.3) is 0 Å². The number of nitrogens with one attached hydrogen (secondary N) is 1. The molecule has 0 spiro atoms. The van der Waals surface area contributed by atoms with Gasteiger partial charge in [-0.3, -0.25) is 9.59 Å². The fourth-order valence-corrected chi connectivity index (χ4v) is 11.6. The van der Waals surface area contributed by atoms with Gasteiger partial charge in [0, 0.05) is 12.8 Å². The molecule has 0 aliphatic heterocycles. The Labute approximate surface area is 501 Å². The summed E-state index contributed by atoms with van der Waals surface area (Å²) in [5.74, 6) is -0.0400. The molecule has 0 saturated heterocycles. The quantitative estimate of drug-likeness (QED) is 0.0320. The SMILES string of the molecule is CCCCCCCCC/C=C/C(O)C(CO)NC(=O)CCCCCCCCCCCCCCCCCCC/C=C\CCCCCCCCCCCCCCCCOC(=O)CCCCCCCCCCCCCCCCCCCCC. The number of esters is 1. The molecule has 6 nitrogen and oxygen atoms in total. The molecule has 0 rings (SSSR count). The average molecular weight is 1130 g/mol. The second-order valence-electron chi connectivity index (χ2n) is 25.3. The van der Waals surface area contributed by atoms with Gasteiger partial charge in [-0.25, -0.2) is 0 Å². The highest BCUT2D eigenvalue weighted by Gasteiger charge is 2.18. The first-order chi connectivity index (χ1) is 39.5. The van der Waals surface area contributed by atoms with Crippen molar-refractivity contribution in [3.05, 3.63) is 24.3 Å². The lowest BCUT2D eigenvalue weighted by molar-refractivity contribution is -0.143. The Morgan fingerprint density at radius 1 is 0.338 bits per heavy atom. The number of hydrogen-bond acceptors (Lipinski definition) is 5. The van der Waals surface area contributed by atoms with E-state index in [0.29, 0.717) is 19.4 Å². The van der Waals surface area contributed by atoms with Gasteiger partial charge in [-0.2, -0.15) is 0 Å². The molecule has 0 aromatic heterocycles. The number of unbranched alkanes of at least 4 members (excludes halogenated alkanes) is 56. The van der Waals surface area contributed by atoms with Crippen LogP contribution in [-0.2, 0) is 14.3 Å². The average Bonchev–Trinajstić information content (AvgIpc) is 3.46. The number of ether oxygens (including phenoxy) is 1. The molecule has 0 saturated carbocycles. The number of carbonyl (C=O) groups excluding carboxylic acids is 2. The largest absolute Gasteiger partial charge is 0.466 e. The van der Waals surface area contributed by atoms with Gasteiger partial charge >= 0.3 is 5.97 Å². The number of rotatable bonds is 69. The van der Waals surface area contributed by atoms with E-state index in [2.05, 4.69) is 31.3 Å². The third-order valence-electron chi connectivity index (χ3n) is 17.2. The van der Waals surface area contributed by atoms with Crippen molar-refractivity contribution in [2.24, 2.45) is 0 Å². The molecule has 2 atom stereocenters. The summed E-state index contributed by atoms with van der Waals surface area (Å²) in [7, 11) is 0. The Hall–Kier alpha value is -1.66. The molecule has 0 fully saturated rings. The Balaban J connectivity index is 3.30. The summed E-state index contributed by atoms with van der Waals surface area (Å²) in [6.07, 6.45) is 88.7. The first kappa shape index (κ1) is 78.3. The summed E-state index contributed by atoms with van der Waals surface area (Å²) in [6, 6.07) is -0.622. The fourth-order valence-electron chi connectivity index (χ4n) is 11.6. The molecule has 0 heterocycles. The van der Waals surface area contributed by atoms with Crippen molar-refractivity contribution in [3.8, 4) is 0 Å². The minimum absolute atomic E-state index is 0.0254. The summed E-state index contributed by atoms with van der Waals surface area (Å²) >= 11 is 0. The van der Waals surface area contributed by atoms with Gasteiger partial charge in [0.05, 0.1) is 25.4 Å². The summed E-state index contributed by atoms with van der Waals surface area (Å²) < 4.78 is 5.52. The number of carbonyl (C=O) groups is 2. The highest BCUT2D eigenvalue weighted by atomic mass is 16.5. The number of allylic oxidation sites excluding steroid dienone is 3. The molecule has 2 unspecified atom stereocenters. The third kappa shape index (κ3) is 65.5. The summed E-state index contributed by atoms with van der Waals surface area (Å²) in [4.78, 5) is 24.5. The number of aliphatic hydroxyl groups excluding tert-OH is 2. The van der Waals surface area contributed by atoms with Gasteiger partial charge in [-0.1, -0.05) is 366 Å². The molecule has 0 aliphatic rings. The molecule has 0 aromatic rings. The van der Waals surface area contributed by atoms with Crippen molar-refractivity contribution in [2.75, 3.05) is 13.2 Å². The van der Waals surface area contributed by atoms with Gasteiger partial charge < -0.3 is 20.3 Å². The molecule has 474 valence electrons. The first-order valence-corrected chi connectivity index (χ1v) is 36.6. The van der Waals surface area contributed by atoms with Gasteiger partial charge in [0.2, 0.25) is 5.91 Å².